The number of ether oxygens (including phenoxy) is 3. The summed E-state index contributed by atoms with van der Waals surface area (Å²) in [5.41, 5.74) is 3.04. The van der Waals surface area contributed by atoms with E-state index in [1.54, 1.807) is 42.1 Å². The summed E-state index contributed by atoms with van der Waals surface area (Å²) in [7, 11) is 0. The Bertz CT molecular complexity index is 1360. The normalized spacial score (nSPS) is 10.7. The van der Waals surface area contributed by atoms with Crippen molar-refractivity contribution in [2.45, 2.75) is 89.4 Å². The molecule has 0 fully saturated rings. The Balaban J connectivity index is 1.39. The number of esters is 3. The van der Waals surface area contributed by atoms with Crippen molar-refractivity contribution in [1.29, 1.82) is 0 Å². The Morgan fingerprint density at radius 1 is 0.711 bits per heavy atom. The summed E-state index contributed by atoms with van der Waals surface area (Å²) in [5, 5.41) is 0. The quantitative estimate of drug-likeness (QED) is 0.0404. The summed E-state index contributed by atoms with van der Waals surface area (Å²) in [5.74, 6) is 0.373. The predicted molar refractivity (Wildman–Crippen MR) is 181 cm³/mol. The molecule has 0 radical (unpaired) electrons. The summed E-state index contributed by atoms with van der Waals surface area (Å²) in [4.78, 5) is 37.6. The fourth-order valence-corrected chi connectivity index (χ4v) is 5.75. The first-order valence-corrected chi connectivity index (χ1v) is 17.0. The first kappa shape index (κ1) is 35.6. The number of hydrogen-bond donors (Lipinski definition) is 0. The van der Waals surface area contributed by atoms with Crippen molar-refractivity contribution in [3.63, 3.8) is 0 Å². The maximum absolute atomic E-state index is 12.8. The molecule has 0 aliphatic rings. The topological polar surface area (TPSA) is 78.9 Å². The SMILES string of the molecule is C=CC(=O)OCCCCSc1ccc(C(=O)Oc2ccc(C(=O)Oc3ccc(CCCCCCCCCC)cc3)cc2)cc1C. The summed E-state index contributed by atoms with van der Waals surface area (Å²) in [6, 6.07) is 19.5. The molecule has 0 amide bonds. The minimum absolute atomic E-state index is 0.343. The van der Waals surface area contributed by atoms with E-state index in [1.807, 2.05) is 43.3 Å². The second kappa shape index (κ2) is 20.2. The summed E-state index contributed by atoms with van der Waals surface area (Å²) in [6.07, 6.45) is 14.2. The van der Waals surface area contributed by atoms with Crippen LogP contribution in [0.5, 0.6) is 11.5 Å². The second-order valence-corrected chi connectivity index (χ2v) is 12.2. The van der Waals surface area contributed by atoms with Crippen LogP contribution in [0, 0.1) is 6.92 Å². The highest BCUT2D eigenvalue weighted by Crippen LogP contribution is 2.25. The molecule has 3 aromatic rings. The van der Waals surface area contributed by atoms with Gasteiger partial charge < -0.3 is 14.2 Å². The lowest BCUT2D eigenvalue weighted by Gasteiger charge is -2.09. The molecule has 45 heavy (non-hydrogen) atoms. The third-order valence-electron chi connectivity index (χ3n) is 7.37. The van der Waals surface area contributed by atoms with Gasteiger partial charge in [-0.15, -0.1) is 11.8 Å². The van der Waals surface area contributed by atoms with Crippen LogP contribution in [0.4, 0.5) is 0 Å². The van der Waals surface area contributed by atoms with Gasteiger partial charge in [0.1, 0.15) is 11.5 Å². The third kappa shape index (κ3) is 13.4. The standard InChI is InChI=1S/C38H46O6S/c1-4-6-7-8-9-10-11-12-15-30-16-21-33(22-17-30)43-37(40)31-18-23-34(24-19-31)44-38(41)32-20-25-35(29(3)28-32)45-27-14-13-26-42-36(39)5-2/h5,16-25,28H,2,4,6-15,26-27H2,1,3H3. The molecular weight excluding hydrogens is 584 g/mol. The van der Waals surface area contributed by atoms with Crippen molar-refractivity contribution in [3.05, 3.63) is 102 Å². The zero-order valence-electron chi connectivity index (χ0n) is 26.7. The molecule has 240 valence electrons. The molecular formula is C38H46O6S. The maximum atomic E-state index is 12.8. The first-order chi connectivity index (χ1) is 21.9. The van der Waals surface area contributed by atoms with Gasteiger partial charge in [-0.2, -0.15) is 0 Å². The van der Waals surface area contributed by atoms with Crippen molar-refractivity contribution >= 4 is 29.7 Å². The molecule has 6 nitrogen and oxygen atoms in total. The lowest BCUT2D eigenvalue weighted by Crippen LogP contribution is -2.10. The minimum Gasteiger partial charge on any atom is -0.463 e. The van der Waals surface area contributed by atoms with Gasteiger partial charge >= 0.3 is 17.9 Å². The van der Waals surface area contributed by atoms with Crippen LogP contribution >= 0.6 is 11.8 Å². The van der Waals surface area contributed by atoms with Gasteiger partial charge in [-0.05, 0) is 104 Å². The number of carbonyl (C=O) groups excluding carboxylic acids is 3. The van der Waals surface area contributed by atoms with E-state index in [4.69, 9.17) is 14.2 Å². The molecule has 3 aromatic carbocycles. The molecule has 0 aromatic heterocycles. The lowest BCUT2D eigenvalue weighted by molar-refractivity contribution is -0.137. The Hall–Kier alpha value is -3.84. The fourth-order valence-electron chi connectivity index (χ4n) is 4.73. The van der Waals surface area contributed by atoms with Crippen LogP contribution in [0.1, 0.15) is 103 Å². The van der Waals surface area contributed by atoms with Crippen molar-refractivity contribution in [2.24, 2.45) is 0 Å². The van der Waals surface area contributed by atoms with E-state index >= 15 is 0 Å². The number of hydrogen-bond acceptors (Lipinski definition) is 7. The summed E-state index contributed by atoms with van der Waals surface area (Å²) in [6.45, 7) is 7.96. The highest BCUT2D eigenvalue weighted by atomic mass is 32.2. The van der Waals surface area contributed by atoms with Crippen LogP contribution in [0.2, 0.25) is 0 Å². The number of benzene rings is 3. The molecule has 0 atom stereocenters. The van der Waals surface area contributed by atoms with Crippen molar-refractivity contribution < 1.29 is 28.6 Å². The minimum atomic E-state index is -0.471. The van der Waals surface area contributed by atoms with E-state index in [1.165, 1.54) is 56.9 Å². The third-order valence-corrected chi connectivity index (χ3v) is 8.63. The van der Waals surface area contributed by atoms with Crippen molar-refractivity contribution in [3.8, 4) is 11.5 Å². The molecule has 3 rings (SSSR count). The van der Waals surface area contributed by atoms with E-state index in [2.05, 4.69) is 13.5 Å². The average Bonchev–Trinajstić information content (AvgIpc) is 3.05. The number of aryl methyl sites for hydroxylation is 2. The molecule has 0 saturated carbocycles. The van der Waals surface area contributed by atoms with Gasteiger partial charge in [-0.1, -0.05) is 70.6 Å². The molecule has 0 unspecified atom stereocenters. The van der Waals surface area contributed by atoms with Gasteiger partial charge in [0.05, 0.1) is 17.7 Å². The average molecular weight is 631 g/mol. The van der Waals surface area contributed by atoms with Gasteiger partial charge in [0.15, 0.2) is 0 Å². The van der Waals surface area contributed by atoms with Crippen LogP contribution in [0.25, 0.3) is 0 Å². The Kier molecular flexibility index (Phi) is 16.0. The monoisotopic (exact) mass is 630 g/mol. The van der Waals surface area contributed by atoms with Crippen molar-refractivity contribution in [1.82, 2.24) is 0 Å². The van der Waals surface area contributed by atoms with Crippen LogP contribution in [-0.2, 0) is 16.0 Å². The summed E-state index contributed by atoms with van der Waals surface area (Å²) < 4.78 is 16.1. The van der Waals surface area contributed by atoms with E-state index in [9.17, 15) is 14.4 Å². The molecule has 0 aliphatic carbocycles. The first-order valence-electron chi connectivity index (χ1n) is 16.1. The zero-order chi connectivity index (χ0) is 32.3. The highest BCUT2D eigenvalue weighted by Gasteiger charge is 2.13. The second-order valence-electron chi connectivity index (χ2n) is 11.1. The van der Waals surface area contributed by atoms with Crippen LogP contribution < -0.4 is 9.47 Å². The molecule has 0 saturated heterocycles. The van der Waals surface area contributed by atoms with Crippen molar-refractivity contribution in [2.75, 3.05) is 12.4 Å². The van der Waals surface area contributed by atoms with Crippen LogP contribution in [0.3, 0.4) is 0 Å². The number of rotatable bonds is 20. The lowest BCUT2D eigenvalue weighted by atomic mass is 10.0. The van der Waals surface area contributed by atoms with Crippen LogP contribution in [0.15, 0.2) is 84.3 Å². The highest BCUT2D eigenvalue weighted by molar-refractivity contribution is 7.99. The Morgan fingerprint density at radius 2 is 1.29 bits per heavy atom. The summed E-state index contributed by atoms with van der Waals surface area (Å²) >= 11 is 1.69. The van der Waals surface area contributed by atoms with Crippen LogP contribution in [-0.4, -0.2) is 30.3 Å². The predicted octanol–water partition coefficient (Wildman–Crippen LogP) is 9.72. The van der Waals surface area contributed by atoms with E-state index < -0.39 is 17.9 Å². The van der Waals surface area contributed by atoms with Gasteiger partial charge in [0.25, 0.3) is 0 Å². The largest absolute Gasteiger partial charge is 0.463 e. The van der Waals surface area contributed by atoms with Gasteiger partial charge in [-0.3, -0.25) is 0 Å². The van der Waals surface area contributed by atoms with Gasteiger partial charge in [0.2, 0.25) is 0 Å². The fraction of sp³-hybridized carbons (Fsp3) is 0.395. The smallest absolute Gasteiger partial charge is 0.343 e. The Morgan fingerprint density at radius 3 is 1.91 bits per heavy atom. The number of carbonyl (C=O) groups is 3. The molecule has 7 heteroatoms. The van der Waals surface area contributed by atoms with E-state index in [0.29, 0.717) is 29.2 Å². The molecule has 0 spiro atoms. The zero-order valence-corrected chi connectivity index (χ0v) is 27.5. The Labute approximate surface area is 272 Å². The molecule has 0 N–H and O–H groups in total. The van der Waals surface area contributed by atoms with E-state index in [-0.39, 0.29) is 0 Å². The number of unbranched alkanes of at least 4 members (excludes halogenated alkanes) is 8. The molecule has 0 bridgehead atoms. The van der Waals surface area contributed by atoms with Gasteiger partial charge in [-0.25, -0.2) is 14.4 Å². The van der Waals surface area contributed by atoms with E-state index in [0.717, 1.165) is 41.6 Å². The molecule has 0 heterocycles. The number of thioether (sulfide) groups is 1. The van der Waals surface area contributed by atoms with Gasteiger partial charge in [0, 0.05) is 11.0 Å². The molecule has 0 aliphatic heterocycles. The maximum Gasteiger partial charge on any atom is 0.343 e.